The van der Waals surface area contributed by atoms with Crippen LogP contribution in [-0.2, 0) is 4.79 Å². The SMILES string of the molecule is CC/C(C)=C/C(=N/C(=C(\C)N)c1nnc(-c2ccccc2)o1)C1=CCC(=O)CC1. The van der Waals surface area contributed by atoms with E-state index in [-0.39, 0.29) is 11.7 Å². The van der Waals surface area contributed by atoms with Crippen LogP contribution >= 0.6 is 0 Å². The predicted octanol–water partition coefficient (Wildman–Crippen LogP) is 4.86. The van der Waals surface area contributed by atoms with Gasteiger partial charge in [-0.25, -0.2) is 4.99 Å². The number of aromatic nitrogens is 2. The van der Waals surface area contributed by atoms with Gasteiger partial charge in [-0.3, -0.25) is 4.79 Å². The van der Waals surface area contributed by atoms with Crippen LogP contribution in [0.1, 0.15) is 52.3 Å². The Labute approximate surface area is 170 Å². The van der Waals surface area contributed by atoms with E-state index in [1.165, 1.54) is 5.57 Å². The van der Waals surface area contributed by atoms with Crippen molar-refractivity contribution in [3.05, 3.63) is 65.2 Å². The predicted molar refractivity (Wildman–Crippen MR) is 115 cm³/mol. The van der Waals surface area contributed by atoms with Gasteiger partial charge in [-0.2, -0.15) is 0 Å². The number of aliphatic imine (C=N–C) groups is 1. The molecule has 150 valence electrons. The van der Waals surface area contributed by atoms with E-state index in [0.717, 1.165) is 23.3 Å². The number of nitrogens with zero attached hydrogens (tertiary/aromatic N) is 3. The second-order valence-electron chi connectivity index (χ2n) is 7.12. The molecule has 0 saturated heterocycles. The molecule has 0 saturated carbocycles. The molecule has 0 aliphatic heterocycles. The molecule has 6 nitrogen and oxygen atoms in total. The average Bonchev–Trinajstić information content (AvgIpc) is 3.21. The third-order valence-electron chi connectivity index (χ3n) is 4.77. The number of hydrogen-bond donors (Lipinski definition) is 1. The van der Waals surface area contributed by atoms with Gasteiger partial charge in [0.1, 0.15) is 11.5 Å². The fourth-order valence-corrected chi connectivity index (χ4v) is 2.92. The van der Waals surface area contributed by atoms with Gasteiger partial charge in [0, 0.05) is 24.1 Å². The first-order chi connectivity index (χ1) is 14.0. The summed E-state index contributed by atoms with van der Waals surface area (Å²) in [6.45, 7) is 5.91. The summed E-state index contributed by atoms with van der Waals surface area (Å²) in [7, 11) is 0. The molecule has 2 aromatic rings. The highest BCUT2D eigenvalue weighted by molar-refractivity contribution is 6.11. The molecule has 1 aromatic heterocycles. The third kappa shape index (κ3) is 5.16. The molecule has 1 aliphatic carbocycles. The van der Waals surface area contributed by atoms with Crippen LogP contribution in [0.25, 0.3) is 17.2 Å². The lowest BCUT2D eigenvalue weighted by molar-refractivity contribution is -0.118. The number of rotatable bonds is 6. The van der Waals surface area contributed by atoms with Gasteiger partial charge in [0.25, 0.3) is 5.89 Å². The molecule has 2 N–H and O–H groups in total. The standard InChI is InChI=1S/C23H26N4O2/c1-4-15(2)14-20(17-10-12-19(28)13-11-17)25-21(16(3)24)23-27-26-22(29-23)18-8-6-5-7-9-18/h5-10,14H,4,11-13,24H2,1-3H3/b15-14+,21-16+,25-20-. The van der Waals surface area contributed by atoms with Gasteiger partial charge >= 0.3 is 0 Å². The van der Waals surface area contributed by atoms with Gasteiger partial charge in [-0.15, -0.1) is 10.2 Å². The zero-order chi connectivity index (χ0) is 20.8. The molecular weight excluding hydrogens is 364 g/mol. The van der Waals surface area contributed by atoms with E-state index in [9.17, 15) is 4.79 Å². The van der Waals surface area contributed by atoms with Crippen molar-refractivity contribution in [2.75, 3.05) is 0 Å². The summed E-state index contributed by atoms with van der Waals surface area (Å²) >= 11 is 0. The van der Waals surface area contributed by atoms with Crippen LogP contribution in [0, 0.1) is 0 Å². The first-order valence-electron chi connectivity index (χ1n) is 9.80. The highest BCUT2D eigenvalue weighted by Crippen LogP contribution is 2.26. The fourth-order valence-electron chi connectivity index (χ4n) is 2.92. The van der Waals surface area contributed by atoms with Gasteiger partial charge < -0.3 is 10.2 Å². The molecule has 1 heterocycles. The quantitative estimate of drug-likeness (QED) is 0.711. The van der Waals surface area contributed by atoms with Crippen LogP contribution in [0.5, 0.6) is 0 Å². The molecule has 0 amide bonds. The van der Waals surface area contributed by atoms with Crippen LogP contribution < -0.4 is 5.73 Å². The van der Waals surface area contributed by atoms with Crippen LogP contribution in [-0.4, -0.2) is 21.7 Å². The van der Waals surface area contributed by atoms with E-state index in [1.54, 1.807) is 6.92 Å². The van der Waals surface area contributed by atoms with Gasteiger partial charge in [0.05, 0.1) is 5.71 Å². The van der Waals surface area contributed by atoms with E-state index in [0.29, 0.717) is 36.5 Å². The average molecular weight is 390 g/mol. The molecule has 0 atom stereocenters. The number of ketones is 1. The smallest absolute Gasteiger partial charge is 0.268 e. The van der Waals surface area contributed by atoms with Crippen LogP contribution in [0.15, 0.2) is 68.7 Å². The van der Waals surface area contributed by atoms with Gasteiger partial charge in [-0.1, -0.05) is 36.8 Å². The lowest BCUT2D eigenvalue weighted by Gasteiger charge is -2.14. The van der Waals surface area contributed by atoms with Crippen molar-refractivity contribution in [2.24, 2.45) is 10.7 Å². The lowest BCUT2D eigenvalue weighted by atomic mass is 9.93. The second-order valence-corrected chi connectivity index (χ2v) is 7.12. The zero-order valence-corrected chi connectivity index (χ0v) is 17.1. The minimum absolute atomic E-state index is 0.250. The Balaban J connectivity index is 2.03. The minimum atomic E-state index is 0.250. The Bertz CT molecular complexity index is 1010. The first-order valence-corrected chi connectivity index (χ1v) is 9.80. The van der Waals surface area contributed by atoms with Crippen molar-refractivity contribution in [3.63, 3.8) is 0 Å². The summed E-state index contributed by atoms with van der Waals surface area (Å²) in [6, 6.07) is 9.56. The lowest BCUT2D eigenvalue weighted by Crippen LogP contribution is -2.11. The second kappa shape index (κ2) is 9.28. The van der Waals surface area contributed by atoms with E-state index in [2.05, 4.69) is 24.0 Å². The maximum absolute atomic E-state index is 11.6. The minimum Gasteiger partial charge on any atom is -0.415 e. The number of allylic oxidation sites excluding steroid dienone is 5. The Morgan fingerprint density at radius 3 is 2.59 bits per heavy atom. The Morgan fingerprint density at radius 1 is 1.21 bits per heavy atom. The molecule has 0 radical (unpaired) electrons. The monoisotopic (exact) mass is 390 g/mol. The number of Topliss-reactive ketones (excluding diaryl/α,β-unsaturated/α-hetero) is 1. The Kier molecular flexibility index (Phi) is 6.54. The maximum Gasteiger partial charge on any atom is 0.268 e. The van der Waals surface area contributed by atoms with Crippen molar-refractivity contribution in [2.45, 2.75) is 46.5 Å². The summed E-state index contributed by atoms with van der Waals surface area (Å²) in [5.41, 5.74) is 10.9. The highest BCUT2D eigenvalue weighted by Gasteiger charge is 2.18. The Morgan fingerprint density at radius 2 is 1.97 bits per heavy atom. The van der Waals surface area contributed by atoms with Crippen molar-refractivity contribution in [1.82, 2.24) is 10.2 Å². The van der Waals surface area contributed by atoms with E-state index < -0.39 is 0 Å². The van der Waals surface area contributed by atoms with Gasteiger partial charge in [-0.05, 0) is 50.5 Å². The van der Waals surface area contributed by atoms with Crippen molar-refractivity contribution >= 4 is 17.2 Å². The third-order valence-corrected chi connectivity index (χ3v) is 4.77. The van der Waals surface area contributed by atoms with E-state index >= 15 is 0 Å². The number of hydrogen-bond acceptors (Lipinski definition) is 6. The van der Waals surface area contributed by atoms with Gasteiger partial charge in [0.15, 0.2) is 0 Å². The number of nitrogens with two attached hydrogens (primary N) is 1. The van der Waals surface area contributed by atoms with Crippen molar-refractivity contribution in [3.8, 4) is 11.5 Å². The Hall–Kier alpha value is -3.28. The molecule has 1 aromatic carbocycles. The maximum atomic E-state index is 11.6. The molecule has 3 rings (SSSR count). The summed E-state index contributed by atoms with van der Waals surface area (Å²) in [4.78, 5) is 16.4. The highest BCUT2D eigenvalue weighted by atomic mass is 16.4. The molecule has 0 unspecified atom stereocenters. The van der Waals surface area contributed by atoms with E-state index in [4.69, 9.17) is 15.1 Å². The topological polar surface area (TPSA) is 94.4 Å². The van der Waals surface area contributed by atoms with Crippen molar-refractivity contribution < 1.29 is 9.21 Å². The molecule has 29 heavy (non-hydrogen) atoms. The number of carbonyl (C=O) groups is 1. The largest absolute Gasteiger partial charge is 0.415 e. The van der Waals surface area contributed by atoms with Crippen LogP contribution in [0.4, 0.5) is 0 Å². The first kappa shape index (κ1) is 20.5. The number of benzene rings is 1. The molecule has 0 bridgehead atoms. The fraction of sp³-hybridized carbons (Fsp3) is 0.304. The molecular formula is C23H26N4O2. The summed E-state index contributed by atoms with van der Waals surface area (Å²) < 4.78 is 5.87. The summed E-state index contributed by atoms with van der Waals surface area (Å²) in [5.74, 6) is 0.940. The normalized spacial score (nSPS) is 16.5. The van der Waals surface area contributed by atoms with Gasteiger partial charge in [0.2, 0.25) is 5.89 Å². The summed E-state index contributed by atoms with van der Waals surface area (Å²) in [6.07, 6.45) is 6.54. The van der Waals surface area contributed by atoms with Crippen LogP contribution in [0.2, 0.25) is 0 Å². The van der Waals surface area contributed by atoms with Crippen LogP contribution in [0.3, 0.4) is 0 Å². The summed E-state index contributed by atoms with van der Waals surface area (Å²) in [5, 5.41) is 8.31. The molecule has 6 heteroatoms. The molecule has 0 spiro atoms. The van der Waals surface area contributed by atoms with Crippen molar-refractivity contribution in [1.29, 1.82) is 0 Å². The molecule has 0 fully saturated rings. The zero-order valence-electron chi connectivity index (χ0n) is 17.1. The number of carbonyl (C=O) groups excluding carboxylic acids is 1. The molecule has 1 aliphatic rings. The van der Waals surface area contributed by atoms with E-state index in [1.807, 2.05) is 42.5 Å².